The number of hydrogen-bond acceptors (Lipinski definition) is 3. The number of nitrogens with zero attached hydrogens (tertiary/aromatic N) is 1. The van der Waals surface area contributed by atoms with E-state index in [9.17, 15) is 19.5 Å². The molecule has 0 saturated carbocycles. The van der Waals surface area contributed by atoms with Crippen molar-refractivity contribution in [1.82, 2.24) is 10.2 Å². The molecule has 0 bridgehead atoms. The van der Waals surface area contributed by atoms with Crippen LogP contribution < -0.4 is 11.1 Å². The molecule has 1 aliphatic heterocycles. The molecule has 1 fully saturated rings. The third kappa shape index (κ3) is 5.24. The van der Waals surface area contributed by atoms with Crippen LogP contribution in [0.5, 0.6) is 0 Å². The van der Waals surface area contributed by atoms with Crippen molar-refractivity contribution in [2.75, 3.05) is 13.1 Å². The van der Waals surface area contributed by atoms with Gasteiger partial charge >= 0.3 is 12.0 Å². The number of aliphatic carboxylic acids is 1. The highest BCUT2D eigenvalue weighted by molar-refractivity contribution is 5.82. The number of urea groups is 1. The van der Waals surface area contributed by atoms with Gasteiger partial charge in [-0.15, -0.1) is 0 Å². The number of piperidine rings is 1. The number of primary amides is 1. The summed E-state index contributed by atoms with van der Waals surface area (Å²) in [5.41, 5.74) is 5.17. The highest BCUT2D eigenvalue weighted by atomic mass is 16.4. The highest BCUT2D eigenvalue weighted by Crippen LogP contribution is 2.20. The Morgan fingerprint density at radius 3 is 2.33 bits per heavy atom. The van der Waals surface area contributed by atoms with Crippen molar-refractivity contribution >= 4 is 17.9 Å². The van der Waals surface area contributed by atoms with E-state index in [1.54, 1.807) is 11.8 Å². The van der Waals surface area contributed by atoms with Gasteiger partial charge in [0.1, 0.15) is 6.04 Å². The van der Waals surface area contributed by atoms with Crippen LogP contribution in [0.4, 0.5) is 4.79 Å². The number of rotatable bonds is 6. The second-order valence-corrected chi connectivity index (χ2v) is 5.75. The number of carboxylic acids is 1. The number of nitrogens with one attached hydrogen (secondary N) is 1. The van der Waals surface area contributed by atoms with Crippen LogP contribution in [0, 0.1) is 11.8 Å². The molecular formula is C14H25N3O4. The molecule has 1 heterocycles. The summed E-state index contributed by atoms with van der Waals surface area (Å²) in [5, 5.41) is 11.8. The minimum Gasteiger partial charge on any atom is -0.480 e. The standard InChI is InChI=1S/C14H25N3O4/c1-3-9(2)12(13(19)20)16-14(21)17-6-4-10(5-7-17)8-11(15)18/h9-10,12H,3-8H2,1-2H3,(H2,15,18)(H,16,21)(H,19,20)/t9-,12-/m0/s1. The first-order valence-corrected chi connectivity index (χ1v) is 7.41. The molecule has 4 N–H and O–H groups in total. The van der Waals surface area contributed by atoms with Crippen molar-refractivity contribution in [3.05, 3.63) is 0 Å². The van der Waals surface area contributed by atoms with E-state index < -0.39 is 12.0 Å². The monoisotopic (exact) mass is 299 g/mol. The van der Waals surface area contributed by atoms with E-state index in [0.717, 1.165) is 12.8 Å². The Morgan fingerprint density at radius 2 is 1.90 bits per heavy atom. The van der Waals surface area contributed by atoms with Gasteiger partial charge in [-0.1, -0.05) is 20.3 Å². The van der Waals surface area contributed by atoms with E-state index in [4.69, 9.17) is 5.73 Å². The lowest BCUT2D eigenvalue weighted by Gasteiger charge is -2.33. The van der Waals surface area contributed by atoms with Crippen LogP contribution in [0.2, 0.25) is 0 Å². The summed E-state index contributed by atoms with van der Waals surface area (Å²) in [6.45, 7) is 4.74. The van der Waals surface area contributed by atoms with Gasteiger partial charge in [0.15, 0.2) is 0 Å². The first-order valence-electron chi connectivity index (χ1n) is 7.41. The summed E-state index contributed by atoms with van der Waals surface area (Å²) in [7, 11) is 0. The Morgan fingerprint density at radius 1 is 1.33 bits per heavy atom. The molecule has 21 heavy (non-hydrogen) atoms. The number of amides is 3. The van der Waals surface area contributed by atoms with Crippen LogP contribution in [0.1, 0.15) is 39.5 Å². The Hall–Kier alpha value is -1.79. The molecule has 2 atom stereocenters. The normalized spacial score (nSPS) is 18.9. The van der Waals surface area contributed by atoms with Gasteiger partial charge in [0.05, 0.1) is 0 Å². The van der Waals surface area contributed by atoms with Gasteiger partial charge in [-0.25, -0.2) is 9.59 Å². The summed E-state index contributed by atoms with van der Waals surface area (Å²) < 4.78 is 0. The molecule has 120 valence electrons. The minimum absolute atomic E-state index is 0.126. The van der Waals surface area contributed by atoms with Gasteiger partial charge in [0, 0.05) is 19.5 Å². The van der Waals surface area contributed by atoms with Crippen molar-refractivity contribution < 1.29 is 19.5 Å². The summed E-state index contributed by atoms with van der Waals surface area (Å²) in [4.78, 5) is 35.8. The topological polar surface area (TPSA) is 113 Å². The Balaban J connectivity index is 2.49. The van der Waals surface area contributed by atoms with Crippen molar-refractivity contribution in [2.45, 2.75) is 45.6 Å². The molecule has 0 aromatic carbocycles. The molecule has 3 amide bonds. The van der Waals surface area contributed by atoms with E-state index in [-0.39, 0.29) is 23.8 Å². The van der Waals surface area contributed by atoms with Gasteiger partial charge < -0.3 is 21.1 Å². The van der Waals surface area contributed by atoms with Crippen LogP contribution in [0.3, 0.4) is 0 Å². The highest BCUT2D eigenvalue weighted by Gasteiger charge is 2.29. The van der Waals surface area contributed by atoms with Crippen molar-refractivity contribution in [3.8, 4) is 0 Å². The number of hydrogen-bond donors (Lipinski definition) is 3. The average molecular weight is 299 g/mol. The fourth-order valence-electron chi connectivity index (χ4n) is 2.53. The molecular weight excluding hydrogens is 274 g/mol. The number of nitrogens with two attached hydrogens (primary N) is 1. The summed E-state index contributed by atoms with van der Waals surface area (Å²) in [6.07, 6.45) is 2.47. The summed E-state index contributed by atoms with van der Waals surface area (Å²) in [6, 6.07) is -1.22. The first-order chi connectivity index (χ1) is 9.85. The van der Waals surface area contributed by atoms with Crippen molar-refractivity contribution in [1.29, 1.82) is 0 Å². The summed E-state index contributed by atoms with van der Waals surface area (Å²) in [5.74, 6) is -1.24. The van der Waals surface area contributed by atoms with Gasteiger partial charge in [-0.05, 0) is 24.7 Å². The largest absolute Gasteiger partial charge is 0.480 e. The van der Waals surface area contributed by atoms with Gasteiger partial charge in [-0.3, -0.25) is 4.79 Å². The lowest BCUT2D eigenvalue weighted by atomic mass is 9.93. The van der Waals surface area contributed by atoms with E-state index >= 15 is 0 Å². The molecule has 0 aliphatic carbocycles. The van der Waals surface area contributed by atoms with Gasteiger partial charge in [0.25, 0.3) is 0 Å². The van der Waals surface area contributed by atoms with Crippen LogP contribution >= 0.6 is 0 Å². The minimum atomic E-state index is -1.01. The number of carbonyl (C=O) groups excluding carboxylic acids is 2. The third-order valence-corrected chi connectivity index (χ3v) is 4.15. The Bertz CT molecular complexity index is 392. The van der Waals surface area contributed by atoms with Crippen LogP contribution in [0.15, 0.2) is 0 Å². The zero-order valence-corrected chi connectivity index (χ0v) is 12.7. The second kappa shape index (κ2) is 7.85. The molecule has 7 heteroatoms. The Labute approximate surface area is 124 Å². The predicted molar refractivity (Wildman–Crippen MR) is 77.5 cm³/mol. The number of carbonyl (C=O) groups is 3. The molecule has 1 saturated heterocycles. The van der Waals surface area contributed by atoms with Crippen LogP contribution in [-0.4, -0.2) is 47.0 Å². The maximum Gasteiger partial charge on any atom is 0.326 e. The SMILES string of the molecule is CC[C@H](C)[C@H](NC(=O)N1CCC(CC(N)=O)CC1)C(=O)O. The van der Waals surface area contributed by atoms with E-state index in [2.05, 4.69) is 5.32 Å². The van der Waals surface area contributed by atoms with Crippen LogP contribution in [0.25, 0.3) is 0 Å². The molecule has 0 radical (unpaired) electrons. The second-order valence-electron chi connectivity index (χ2n) is 5.75. The zero-order valence-electron chi connectivity index (χ0n) is 12.7. The van der Waals surface area contributed by atoms with E-state index in [0.29, 0.717) is 25.9 Å². The molecule has 0 unspecified atom stereocenters. The van der Waals surface area contributed by atoms with E-state index in [1.165, 1.54) is 0 Å². The smallest absolute Gasteiger partial charge is 0.326 e. The van der Waals surface area contributed by atoms with E-state index in [1.807, 2.05) is 6.92 Å². The quantitative estimate of drug-likeness (QED) is 0.672. The molecule has 1 aliphatic rings. The predicted octanol–water partition coefficient (Wildman–Crippen LogP) is 0.783. The fraction of sp³-hybridized carbons (Fsp3) is 0.786. The third-order valence-electron chi connectivity index (χ3n) is 4.15. The molecule has 7 nitrogen and oxygen atoms in total. The van der Waals surface area contributed by atoms with Crippen molar-refractivity contribution in [3.63, 3.8) is 0 Å². The van der Waals surface area contributed by atoms with Crippen molar-refractivity contribution in [2.24, 2.45) is 17.6 Å². The van der Waals surface area contributed by atoms with Crippen LogP contribution in [-0.2, 0) is 9.59 Å². The first kappa shape index (κ1) is 17.3. The average Bonchev–Trinajstić information content (AvgIpc) is 2.43. The number of likely N-dealkylation sites (tertiary alicyclic amines) is 1. The van der Waals surface area contributed by atoms with Gasteiger partial charge in [-0.2, -0.15) is 0 Å². The maximum absolute atomic E-state index is 12.1. The molecule has 0 spiro atoms. The van der Waals surface area contributed by atoms with Gasteiger partial charge in [0.2, 0.25) is 5.91 Å². The molecule has 0 aromatic rings. The maximum atomic E-state index is 12.1. The Kier molecular flexibility index (Phi) is 6.45. The zero-order chi connectivity index (χ0) is 16.0. The fourth-order valence-corrected chi connectivity index (χ4v) is 2.53. The lowest BCUT2D eigenvalue weighted by Crippen LogP contribution is -2.52. The number of carboxylic acid groups (broad SMARTS) is 1. The summed E-state index contributed by atoms with van der Waals surface area (Å²) >= 11 is 0. The molecule has 0 aromatic heterocycles. The molecule has 1 rings (SSSR count). The lowest BCUT2D eigenvalue weighted by molar-refractivity contribution is -0.140.